The van der Waals surface area contributed by atoms with Crippen LogP contribution in [0.1, 0.15) is 26.3 Å². The number of aliphatic carboxylic acids is 1. The SMILES string of the molecule is CCN(c1ccc(C#N)c(Cl)c1)C(C)(C)C(=O)O. The lowest BCUT2D eigenvalue weighted by Crippen LogP contribution is -2.50. The number of nitriles is 1. The van der Waals surface area contributed by atoms with Crippen molar-refractivity contribution in [1.29, 1.82) is 5.26 Å². The van der Waals surface area contributed by atoms with Crippen molar-refractivity contribution in [2.45, 2.75) is 26.3 Å². The van der Waals surface area contributed by atoms with Gasteiger partial charge in [0.15, 0.2) is 0 Å². The molecule has 18 heavy (non-hydrogen) atoms. The fourth-order valence-corrected chi connectivity index (χ4v) is 2.00. The number of nitrogens with zero attached hydrogens (tertiary/aromatic N) is 2. The Hall–Kier alpha value is -1.73. The van der Waals surface area contributed by atoms with Gasteiger partial charge in [-0.15, -0.1) is 0 Å². The smallest absolute Gasteiger partial charge is 0.328 e. The third-order valence-corrected chi connectivity index (χ3v) is 3.21. The maximum atomic E-state index is 11.3. The van der Waals surface area contributed by atoms with E-state index < -0.39 is 11.5 Å². The molecule has 0 radical (unpaired) electrons. The zero-order valence-corrected chi connectivity index (χ0v) is 11.3. The third kappa shape index (κ3) is 2.57. The molecule has 0 heterocycles. The second-order valence-electron chi connectivity index (χ2n) is 4.38. The molecule has 0 aromatic heterocycles. The lowest BCUT2D eigenvalue weighted by Gasteiger charge is -2.36. The first-order valence-electron chi connectivity index (χ1n) is 5.55. The quantitative estimate of drug-likeness (QED) is 0.910. The molecule has 0 saturated heterocycles. The van der Waals surface area contributed by atoms with E-state index in [0.29, 0.717) is 22.8 Å². The Labute approximate surface area is 111 Å². The predicted molar refractivity (Wildman–Crippen MR) is 70.9 cm³/mol. The standard InChI is InChI=1S/C13H15ClN2O2/c1-4-16(13(2,3)12(17)18)10-6-5-9(8-15)11(14)7-10/h5-7H,4H2,1-3H3,(H,17,18). The Bertz CT molecular complexity index is 506. The summed E-state index contributed by atoms with van der Waals surface area (Å²) in [7, 11) is 0. The molecule has 0 amide bonds. The van der Waals surface area contributed by atoms with E-state index in [2.05, 4.69) is 0 Å². The van der Waals surface area contributed by atoms with Gasteiger partial charge in [-0.3, -0.25) is 0 Å². The number of carboxylic acids is 1. The van der Waals surface area contributed by atoms with Crippen LogP contribution in [0.4, 0.5) is 5.69 Å². The lowest BCUT2D eigenvalue weighted by atomic mass is 10.0. The Morgan fingerprint density at radius 1 is 1.56 bits per heavy atom. The van der Waals surface area contributed by atoms with E-state index >= 15 is 0 Å². The molecule has 5 heteroatoms. The zero-order valence-electron chi connectivity index (χ0n) is 10.6. The molecule has 0 saturated carbocycles. The Morgan fingerprint density at radius 3 is 2.56 bits per heavy atom. The summed E-state index contributed by atoms with van der Waals surface area (Å²) in [6.45, 7) is 5.66. The van der Waals surface area contributed by atoms with E-state index in [1.54, 1.807) is 36.9 Å². The van der Waals surface area contributed by atoms with E-state index in [1.807, 2.05) is 13.0 Å². The largest absolute Gasteiger partial charge is 0.480 e. The Balaban J connectivity index is 3.23. The van der Waals surface area contributed by atoms with Gasteiger partial charge in [0.05, 0.1) is 10.6 Å². The van der Waals surface area contributed by atoms with E-state index in [-0.39, 0.29) is 0 Å². The van der Waals surface area contributed by atoms with Gasteiger partial charge < -0.3 is 10.0 Å². The van der Waals surface area contributed by atoms with Crippen LogP contribution in [0.15, 0.2) is 18.2 Å². The molecule has 4 nitrogen and oxygen atoms in total. The van der Waals surface area contributed by atoms with Gasteiger partial charge in [-0.1, -0.05) is 11.6 Å². The van der Waals surface area contributed by atoms with Crippen LogP contribution >= 0.6 is 11.6 Å². The first kappa shape index (κ1) is 14.3. The summed E-state index contributed by atoms with van der Waals surface area (Å²) in [5, 5.41) is 18.4. The molecule has 0 spiro atoms. The van der Waals surface area contributed by atoms with Crippen molar-refractivity contribution in [1.82, 2.24) is 0 Å². The molecule has 96 valence electrons. The summed E-state index contributed by atoms with van der Waals surface area (Å²) in [5.41, 5.74) is 0.0326. The minimum absolute atomic E-state index is 0.328. The third-order valence-electron chi connectivity index (χ3n) is 2.90. The highest BCUT2D eigenvalue weighted by molar-refractivity contribution is 6.32. The Morgan fingerprint density at radius 2 is 2.17 bits per heavy atom. The molecule has 1 aromatic rings. The number of anilines is 1. The van der Waals surface area contributed by atoms with Crippen molar-refractivity contribution in [3.8, 4) is 6.07 Å². The van der Waals surface area contributed by atoms with Crippen molar-refractivity contribution < 1.29 is 9.90 Å². The number of halogens is 1. The van der Waals surface area contributed by atoms with Crippen LogP contribution in [0.5, 0.6) is 0 Å². The highest BCUT2D eigenvalue weighted by atomic mass is 35.5. The first-order valence-corrected chi connectivity index (χ1v) is 5.93. The summed E-state index contributed by atoms with van der Waals surface area (Å²) in [6, 6.07) is 6.90. The van der Waals surface area contributed by atoms with Crippen molar-refractivity contribution in [3.63, 3.8) is 0 Å². The molecule has 0 aliphatic carbocycles. The highest BCUT2D eigenvalue weighted by Crippen LogP contribution is 2.28. The minimum atomic E-state index is -1.04. The fraction of sp³-hybridized carbons (Fsp3) is 0.385. The summed E-state index contributed by atoms with van der Waals surface area (Å²) >= 11 is 5.96. The van der Waals surface area contributed by atoms with Gasteiger partial charge in [0, 0.05) is 12.2 Å². The molecule has 0 aliphatic rings. The molecule has 0 atom stereocenters. The molecule has 1 N–H and O–H groups in total. The summed E-state index contributed by atoms with van der Waals surface area (Å²) in [6.07, 6.45) is 0. The highest BCUT2D eigenvalue weighted by Gasteiger charge is 2.34. The van der Waals surface area contributed by atoms with Gasteiger partial charge in [-0.25, -0.2) is 4.79 Å². The van der Waals surface area contributed by atoms with Crippen LogP contribution in [-0.4, -0.2) is 23.2 Å². The topological polar surface area (TPSA) is 64.3 Å². The molecule has 0 unspecified atom stereocenters. The molecular formula is C13H15ClN2O2. The van der Waals surface area contributed by atoms with E-state index in [9.17, 15) is 9.90 Å². The number of rotatable bonds is 4. The monoisotopic (exact) mass is 266 g/mol. The molecule has 0 fully saturated rings. The van der Waals surface area contributed by atoms with Crippen LogP contribution in [-0.2, 0) is 4.79 Å². The number of benzene rings is 1. The first-order chi connectivity index (χ1) is 8.34. The number of likely N-dealkylation sites (N-methyl/N-ethyl adjacent to an activating group) is 1. The van der Waals surface area contributed by atoms with Crippen molar-refractivity contribution in [2.75, 3.05) is 11.4 Å². The fourth-order valence-electron chi connectivity index (χ4n) is 1.78. The summed E-state index contributed by atoms with van der Waals surface area (Å²) < 4.78 is 0. The van der Waals surface area contributed by atoms with Gasteiger partial charge in [0.2, 0.25) is 0 Å². The van der Waals surface area contributed by atoms with Crippen LogP contribution in [0, 0.1) is 11.3 Å². The predicted octanol–water partition coefficient (Wildman–Crippen LogP) is 2.90. The average molecular weight is 267 g/mol. The summed E-state index contributed by atoms with van der Waals surface area (Å²) in [5.74, 6) is -0.912. The maximum absolute atomic E-state index is 11.3. The van der Waals surface area contributed by atoms with E-state index in [1.165, 1.54) is 0 Å². The minimum Gasteiger partial charge on any atom is -0.480 e. The number of carbonyl (C=O) groups is 1. The molecule has 1 aromatic carbocycles. The number of hydrogen-bond acceptors (Lipinski definition) is 3. The average Bonchev–Trinajstić information content (AvgIpc) is 2.29. The maximum Gasteiger partial charge on any atom is 0.328 e. The second kappa shape index (κ2) is 5.28. The van der Waals surface area contributed by atoms with Gasteiger partial charge in [-0.05, 0) is 39.0 Å². The van der Waals surface area contributed by atoms with E-state index in [4.69, 9.17) is 16.9 Å². The van der Waals surface area contributed by atoms with Gasteiger partial charge in [0.25, 0.3) is 0 Å². The molecule has 0 bridgehead atoms. The van der Waals surface area contributed by atoms with Crippen LogP contribution in [0.25, 0.3) is 0 Å². The van der Waals surface area contributed by atoms with Crippen molar-refractivity contribution >= 4 is 23.3 Å². The lowest BCUT2D eigenvalue weighted by molar-refractivity contribution is -0.142. The molecular weight excluding hydrogens is 252 g/mol. The van der Waals surface area contributed by atoms with Gasteiger partial charge in [-0.2, -0.15) is 5.26 Å². The van der Waals surface area contributed by atoms with Crippen LogP contribution in [0.3, 0.4) is 0 Å². The van der Waals surface area contributed by atoms with Crippen LogP contribution in [0.2, 0.25) is 5.02 Å². The zero-order chi connectivity index (χ0) is 13.9. The van der Waals surface area contributed by atoms with E-state index in [0.717, 1.165) is 0 Å². The Kier molecular flexibility index (Phi) is 4.20. The number of hydrogen-bond donors (Lipinski definition) is 1. The molecule has 1 rings (SSSR count). The van der Waals surface area contributed by atoms with Crippen LogP contribution < -0.4 is 4.90 Å². The second-order valence-corrected chi connectivity index (χ2v) is 4.79. The van der Waals surface area contributed by atoms with Gasteiger partial charge >= 0.3 is 5.97 Å². The van der Waals surface area contributed by atoms with Crippen molar-refractivity contribution in [3.05, 3.63) is 28.8 Å². The van der Waals surface area contributed by atoms with Gasteiger partial charge in [0.1, 0.15) is 11.6 Å². The molecule has 0 aliphatic heterocycles. The summed E-state index contributed by atoms with van der Waals surface area (Å²) in [4.78, 5) is 13.0. The number of carboxylic acid groups (broad SMARTS) is 1. The normalized spacial score (nSPS) is 10.8. The van der Waals surface area contributed by atoms with Crippen molar-refractivity contribution in [2.24, 2.45) is 0 Å².